The third-order valence-corrected chi connectivity index (χ3v) is 3.04. The molecule has 116 valence electrons. The molecule has 21 heavy (non-hydrogen) atoms. The van der Waals surface area contributed by atoms with Gasteiger partial charge < -0.3 is 15.5 Å². The molecule has 1 rings (SSSR count). The number of alkyl halides is 1. The van der Waals surface area contributed by atoms with Crippen LogP contribution in [0.4, 0.5) is 17.1 Å². The Morgan fingerprint density at radius 3 is 2.43 bits per heavy atom. The molecule has 0 amide bonds. The molecule has 0 aliphatic carbocycles. The summed E-state index contributed by atoms with van der Waals surface area (Å²) in [7, 11) is 0. The van der Waals surface area contributed by atoms with Gasteiger partial charge in [0.25, 0.3) is 11.4 Å². The molecule has 0 fully saturated rings. The van der Waals surface area contributed by atoms with E-state index in [1.807, 2.05) is 0 Å². The van der Waals surface area contributed by atoms with E-state index in [2.05, 4.69) is 5.32 Å². The maximum Gasteiger partial charge on any atom is 0.281 e. The zero-order valence-corrected chi connectivity index (χ0v) is 11.6. The number of halogens is 1. The summed E-state index contributed by atoms with van der Waals surface area (Å²) in [6.45, 7) is -0.383. The van der Waals surface area contributed by atoms with E-state index in [1.54, 1.807) is 0 Å². The van der Waals surface area contributed by atoms with Crippen LogP contribution < -0.4 is 5.32 Å². The zero-order chi connectivity index (χ0) is 16.0. The first-order valence-electron chi connectivity index (χ1n) is 5.95. The van der Waals surface area contributed by atoms with Crippen molar-refractivity contribution in [3.63, 3.8) is 0 Å². The molecule has 0 aromatic heterocycles. The molecule has 0 saturated heterocycles. The molecule has 1 aromatic carbocycles. The molecule has 1 aromatic rings. The van der Waals surface area contributed by atoms with Crippen LogP contribution in [0.5, 0.6) is 0 Å². The second-order valence-corrected chi connectivity index (χ2v) is 4.48. The molecule has 10 heteroatoms. The highest BCUT2D eigenvalue weighted by Crippen LogP contribution is 2.32. The summed E-state index contributed by atoms with van der Waals surface area (Å²) in [6, 6.07) is 1.97. The number of hydrogen-bond acceptors (Lipinski definition) is 7. The van der Waals surface area contributed by atoms with E-state index in [1.165, 1.54) is 0 Å². The number of rotatable bonds is 8. The largest absolute Gasteiger partial charge is 0.396 e. The van der Waals surface area contributed by atoms with Gasteiger partial charge in [0.1, 0.15) is 0 Å². The first kappa shape index (κ1) is 17.1. The summed E-state index contributed by atoms with van der Waals surface area (Å²) in [5.74, 6) is -0.0562. The van der Waals surface area contributed by atoms with Crippen LogP contribution >= 0.6 is 11.6 Å². The Bertz CT molecular complexity index is 539. The Balaban J connectivity index is 3.27. The fourth-order valence-electron chi connectivity index (χ4n) is 1.72. The number of nitro benzene ring substituents is 2. The van der Waals surface area contributed by atoms with Crippen molar-refractivity contribution in [3.05, 3.63) is 37.9 Å². The lowest BCUT2D eigenvalue weighted by Crippen LogP contribution is -2.21. The molecule has 3 N–H and O–H groups in total. The van der Waals surface area contributed by atoms with Crippen molar-refractivity contribution >= 4 is 28.7 Å². The molecule has 0 spiro atoms. The van der Waals surface area contributed by atoms with Crippen LogP contribution in [0.1, 0.15) is 5.56 Å². The standard InChI is InChI=1S/C11H14ClN3O6/c12-5-8(17)6-13-10-3-7(14(18)19)4-11(15(20)21)9(10)1-2-16/h3-4,8,13,16-17H,1-2,5-6H2. The number of non-ortho nitro benzene ring substituents is 1. The fraction of sp³-hybridized carbons (Fsp3) is 0.455. The van der Waals surface area contributed by atoms with Gasteiger partial charge in [0, 0.05) is 25.6 Å². The minimum atomic E-state index is -0.910. The Hall–Kier alpha value is -1.97. The molecular formula is C11H14ClN3O6. The third kappa shape index (κ3) is 4.52. The highest BCUT2D eigenvalue weighted by Gasteiger charge is 2.23. The van der Waals surface area contributed by atoms with Crippen LogP contribution in [0.2, 0.25) is 0 Å². The Labute approximate surface area is 124 Å². The summed E-state index contributed by atoms with van der Waals surface area (Å²) < 4.78 is 0. The average Bonchev–Trinajstić information content (AvgIpc) is 2.45. The quantitative estimate of drug-likeness (QED) is 0.369. The van der Waals surface area contributed by atoms with E-state index in [4.69, 9.17) is 16.7 Å². The second-order valence-electron chi connectivity index (χ2n) is 4.17. The summed E-state index contributed by atoms with van der Waals surface area (Å²) in [6.07, 6.45) is -0.958. The molecule has 0 aliphatic heterocycles. The summed E-state index contributed by atoms with van der Waals surface area (Å²) in [5.41, 5.74) is -0.656. The smallest absolute Gasteiger partial charge is 0.281 e. The van der Waals surface area contributed by atoms with Crippen LogP contribution in [-0.2, 0) is 6.42 Å². The van der Waals surface area contributed by atoms with Crippen molar-refractivity contribution in [2.45, 2.75) is 12.5 Å². The van der Waals surface area contributed by atoms with E-state index in [0.717, 1.165) is 12.1 Å². The van der Waals surface area contributed by atoms with Crippen molar-refractivity contribution in [2.24, 2.45) is 0 Å². The van der Waals surface area contributed by atoms with E-state index >= 15 is 0 Å². The Morgan fingerprint density at radius 2 is 1.95 bits per heavy atom. The average molecular weight is 320 g/mol. The predicted octanol–water partition coefficient (Wildman–Crippen LogP) is 1.05. The third-order valence-electron chi connectivity index (χ3n) is 2.69. The van der Waals surface area contributed by atoms with Crippen molar-refractivity contribution in [1.82, 2.24) is 0 Å². The molecule has 0 saturated carbocycles. The van der Waals surface area contributed by atoms with Gasteiger partial charge in [-0.15, -0.1) is 11.6 Å². The van der Waals surface area contributed by atoms with Gasteiger partial charge in [0.15, 0.2) is 0 Å². The monoisotopic (exact) mass is 319 g/mol. The molecule has 1 atom stereocenters. The molecule has 1 unspecified atom stereocenters. The van der Waals surface area contributed by atoms with Crippen LogP contribution in [0, 0.1) is 20.2 Å². The maximum atomic E-state index is 11.0. The van der Waals surface area contributed by atoms with Gasteiger partial charge in [0.05, 0.1) is 39.1 Å². The summed E-state index contributed by atoms with van der Waals surface area (Å²) >= 11 is 5.44. The van der Waals surface area contributed by atoms with Crippen LogP contribution in [-0.4, -0.2) is 45.2 Å². The Morgan fingerprint density at radius 1 is 1.29 bits per heavy atom. The maximum absolute atomic E-state index is 11.0. The van der Waals surface area contributed by atoms with Crippen LogP contribution in [0.25, 0.3) is 0 Å². The summed E-state index contributed by atoms with van der Waals surface area (Å²) in [5, 5.41) is 42.9. The van der Waals surface area contributed by atoms with Gasteiger partial charge in [-0.25, -0.2) is 0 Å². The van der Waals surface area contributed by atoms with Crippen molar-refractivity contribution in [2.75, 3.05) is 24.3 Å². The van der Waals surface area contributed by atoms with Gasteiger partial charge in [0.2, 0.25) is 0 Å². The van der Waals surface area contributed by atoms with Gasteiger partial charge in [-0.3, -0.25) is 20.2 Å². The minimum Gasteiger partial charge on any atom is -0.396 e. The highest BCUT2D eigenvalue weighted by molar-refractivity contribution is 6.18. The topological polar surface area (TPSA) is 139 Å². The lowest BCUT2D eigenvalue weighted by atomic mass is 10.1. The van der Waals surface area contributed by atoms with E-state index in [-0.39, 0.29) is 36.7 Å². The van der Waals surface area contributed by atoms with Crippen LogP contribution in [0.3, 0.4) is 0 Å². The molecule has 0 heterocycles. The lowest BCUT2D eigenvalue weighted by Gasteiger charge is -2.14. The number of nitrogens with zero attached hydrogens (tertiary/aromatic N) is 2. The fourth-order valence-corrected chi connectivity index (χ4v) is 1.83. The lowest BCUT2D eigenvalue weighted by molar-refractivity contribution is -0.394. The number of aliphatic hydroxyl groups excluding tert-OH is 2. The van der Waals surface area contributed by atoms with Crippen molar-refractivity contribution in [1.29, 1.82) is 0 Å². The van der Waals surface area contributed by atoms with E-state index in [0.29, 0.717) is 0 Å². The number of nitro groups is 2. The van der Waals surface area contributed by atoms with E-state index < -0.39 is 27.3 Å². The second kappa shape index (κ2) is 7.72. The number of anilines is 1. The van der Waals surface area contributed by atoms with Crippen molar-refractivity contribution in [3.8, 4) is 0 Å². The molecule has 0 aliphatic rings. The number of benzene rings is 1. The molecule has 0 radical (unpaired) electrons. The number of aliphatic hydroxyl groups is 2. The molecule has 9 nitrogen and oxygen atoms in total. The number of hydrogen-bond donors (Lipinski definition) is 3. The van der Waals surface area contributed by atoms with Crippen LogP contribution in [0.15, 0.2) is 12.1 Å². The minimum absolute atomic E-state index is 0.0275. The van der Waals surface area contributed by atoms with Gasteiger partial charge in [-0.05, 0) is 0 Å². The highest BCUT2D eigenvalue weighted by atomic mass is 35.5. The molecular weight excluding hydrogens is 306 g/mol. The SMILES string of the molecule is O=[N+]([O-])c1cc(NCC(O)CCl)c(CCO)c([N+](=O)[O-])c1. The Kier molecular flexibility index (Phi) is 6.28. The van der Waals surface area contributed by atoms with Gasteiger partial charge in [-0.1, -0.05) is 0 Å². The van der Waals surface area contributed by atoms with Crippen molar-refractivity contribution < 1.29 is 20.1 Å². The first-order chi connectivity index (χ1) is 9.90. The normalized spacial score (nSPS) is 12.0. The number of nitrogens with one attached hydrogen (secondary N) is 1. The van der Waals surface area contributed by atoms with Gasteiger partial charge in [-0.2, -0.15) is 0 Å². The predicted molar refractivity (Wildman–Crippen MR) is 75.8 cm³/mol. The zero-order valence-electron chi connectivity index (χ0n) is 10.9. The summed E-state index contributed by atoms with van der Waals surface area (Å²) in [4.78, 5) is 20.3. The first-order valence-corrected chi connectivity index (χ1v) is 6.48. The van der Waals surface area contributed by atoms with E-state index in [9.17, 15) is 25.3 Å². The van der Waals surface area contributed by atoms with Gasteiger partial charge >= 0.3 is 0 Å². The molecule has 0 bridgehead atoms.